The molecule has 1 fully saturated rings. The van der Waals surface area contributed by atoms with Gasteiger partial charge in [-0.2, -0.15) is 11.3 Å². The van der Waals surface area contributed by atoms with Crippen LogP contribution < -0.4 is 5.73 Å². The third-order valence-corrected chi connectivity index (χ3v) is 4.06. The van der Waals surface area contributed by atoms with Crippen LogP contribution in [-0.2, 0) is 11.3 Å². The molecule has 0 aromatic carbocycles. The lowest BCUT2D eigenvalue weighted by molar-refractivity contribution is -0.134. The van der Waals surface area contributed by atoms with Crippen LogP contribution in [0, 0.1) is 12.3 Å². The highest BCUT2D eigenvalue weighted by atomic mass is 32.1. The molecule has 1 aliphatic heterocycles. The van der Waals surface area contributed by atoms with Gasteiger partial charge in [-0.3, -0.25) is 9.69 Å². The molecule has 1 aromatic rings. The monoisotopic (exact) mass is 277 g/mol. The number of terminal acetylenes is 1. The fourth-order valence-corrected chi connectivity index (χ4v) is 2.88. The standard InChI is InChI=1S/C14H19N3OS/c1-2-3-13(15)14(18)17-7-5-16(6-8-17)10-12-4-9-19-11-12/h1,4,9,11,13H,3,5-8,10,15H2. The van der Waals surface area contributed by atoms with Crippen LogP contribution in [0.5, 0.6) is 0 Å². The Hall–Kier alpha value is -1.35. The van der Waals surface area contributed by atoms with Gasteiger partial charge in [0.15, 0.2) is 0 Å². The molecule has 2 heterocycles. The molecule has 1 aliphatic rings. The van der Waals surface area contributed by atoms with E-state index < -0.39 is 6.04 Å². The molecule has 0 bridgehead atoms. The molecule has 0 saturated carbocycles. The van der Waals surface area contributed by atoms with Crippen molar-refractivity contribution in [2.45, 2.75) is 19.0 Å². The zero-order valence-electron chi connectivity index (χ0n) is 10.9. The third kappa shape index (κ3) is 3.80. The van der Waals surface area contributed by atoms with Crippen molar-refractivity contribution in [3.63, 3.8) is 0 Å². The second kappa shape index (κ2) is 6.71. The SMILES string of the molecule is C#CCC(N)C(=O)N1CCN(Cc2ccsc2)CC1. The number of carbonyl (C=O) groups excluding carboxylic acids is 1. The minimum atomic E-state index is -0.548. The summed E-state index contributed by atoms with van der Waals surface area (Å²) in [5.74, 6) is 2.42. The van der Waals surface area contributed by atoms with Gasteiger partial charge in [0.2, 0.25) is 5.91 Å². The first-order valence-corrected chi connectivity index (χ1v) is 7.36. The van der Waals surface area contributed by atoms with E-state index in [-0.39, 0.29) is 5.91 Å². The number of amides is 1. The second-order valence-corrected chi connectivity index (χ2v) is 5.53. The first-order valence-electron chi connectivity index (χ1n) is 6.42. The number of thiophene rings is 1. The summed E-state index contributed by atoms with van der Waals surface area (Å²) in [6.07, 6.45) is 5.50. The Morgan fingerprint density at radius 1 is 1.47 bits per heavy atom. The Kier molecular flexibility index (Phi) is 4.97. The Balaban J connectivity index is 1.79. The molecule has 102 valence electrons. The van der Waals surface area contributed by atoms with E-state index >= 15 is 0 Å². The van der Waals surface area contributed by atoms with Crippen LogP contribution in [0.25, 0.3) is 0 Å². The van der Waals surface area contributed by atoms with E-state index in [1.54, 1.807) is 11.3 Å². The van der Waals surface area contributed by atoms with E-state index in [2.05, 4.69) is 27.6 Å². The zero-order chi connectivity index (χ0) is 13.7. The lowest BCUT2D eigenvalue weighted by Gasteiger charge is -2.35. The summed E-state index contributed by atoms with van der Waals surface area (Å²) in [4.78, 5) is 16.2. The fourth-order valence-electron chi connectivity index (χ4n) is 2.22. The summed E-state index contributed by atoms with van der Waals surface area (Å²) in [5.41, 5.74) is 7.10. The minimum Gasteiger partial charge on any atom is -0.339 e. The average Bonchev–Trinajstić information content (AvgIpc) is 2.92. The van der Waals surface area contributed by atoms with Gasteiger partial charge in [0.25, 0.3) is 0 Å². The molecule has 0 aliphatic carbocycles. The summed E-state index contributed by atoms with van der Waals surface area (Å²) in [6.45, 7) is 4.22. The van der Waals surface area contributed by atoms with Crippen molar-refractivity contribution in [3.8, 4) is 12.3 Å². The molecule has 1 aromatic heterocycles. The number of piperazine rings is 1. The third-order valence-electron chi connectivity index (χ3n) is 3.33. The molecule has 1 saturated heterocycles. The molecule has 4 nitrogen and oxygen atoms in total. The van der Waals surface area contributed by atoms with Crippen LogP contribution >= 0.6 is 11.3 Å². The normalized spacial score (nSPS) is 18.0. The highest BCUT2D eigenvalue weighted by Gasteiger charge is 2.24. The van der Waals surface area contributed by atoms with Crippen molar-refractivity contribution in [1.29, 1.82) is 0 Å². The molecule has 0 spiro atoms. The van der Waals surface area contributed by atoms with Gasteiger partial charge >= 0.3 is 0 Å². The molecular weight excluding hydrogens is 258 g/mol. The summed E-state index contributed by atoms with van der Waals surface area (Å²) in [7, 11) is 0. The summed E-state index contributed by atoms with van der Waals surface area (Å²) >= 11 is 1.72. The molecule has 1 unspecified atom stereocenters. The summed E-state index contributed by atoms with van der Waals surface area (Å²) in [5, 5.41) is 4.26. The smallest absolute Gasteiger partial charge is 0.240 e. The largest absolute Gasteiger partial charge is 0.339 e. The van der Waals surface area contributed by atoms with E-state index in [4.69, 9.17) is 12.2 Å². The second-order valence-electron chi connectivity index (χ2n) is 4.75. The van der Waals surface area contributed by atoms with Crippen LogP contribution in [-0.4, -0.2) is 47.9 Å². The first kappa shape index (κ1) is 14.1. The lowest BCUT2D eigenvalue weighted by Crippen LogP contribution is -2.52. The Labute approximate surface area is 118 Å². The van der Waals surface area contributed by atoms with E-state index in [0.717, 1.165) is 32.7 Å². The van der Waals surface area contributed by atoms with Crippen LogP contribution in [0.1, 0.15) is 12.0 Å². The number of hydrogen-bond acceptors (Lipinski definition) is 4. The van der Waals surface area contributed by atoms with E-state index in [1.165, 1.54) is 5.56 Å². The Morgan fingerprint density at radius 3 is 2.79 bits per heavy atom. The maximum absolute atomic E-state index is 12.0. The van der Waals surface area contributed by atoms with Gasteiger partial charge in [0.1, 0.15) is 0 Å². The van der Waals surface area contributed by atoms with Crippen molar-refractivity contribution in [1.82, 2.24) is 9.80 Å². The van der Waals surface area contributed by atoms with Crippen molar-refractivity contribution in [3.05, 3.63) is 22.4 Å². The van der Waals surface area contributed by atoms with Crippen LogP contribution in [0.15, 0.2) is 16.8 Å². The highest BCUT2D eigenvalue weighted by Crippen LogP contribution is 2.12. The number of nitrogens with two attached hydrogens (primary N) is 1. The Morgan fingerprint density at radius 2 is 2.21 bits per heavy atom. The predicted octanol–water partition coefficient (Wildman–Crippen LogP) is 0.743. The van der Waals surface area contributed by atoms with Gasteiger partial charge < -0.3 is 10.6 Å². The lowest BCUT2D eigenvalue weighted by atomic mass is 10.2. The number of carbonyl (C=O) groups is 1. The molecule has 2 N–H and O–H groups in total. The first-order chi connectivity index (χ1) is 9.20. The topological polar surface area (TPSA) is 49.6 Å². The maximum Gasteiger partial charge on any atom is 0.240 e. The van der Waals surface area contributed by atoms with Crippen molar-refractivity contribution in [2.75, 3.05) is 26.2 Å². The summed E-state index contributed by atoms with van der Waals surface area (Å²) < 4.78 is 0. The number of rotatable bonds is 4. The van der Waals surface area contributed by atoms with E-state index in [9.17, 15) is 4.79 Å². The number of hydrogen-bond donors (Lipinski definition) is 1. The zero-order valence-corrected chi connectivity index (χ0v) is 11.7. The van der Waals surface area contributed by atoms with Gasteiger partial charge in [0, 0.05) is 39.1 Å². The van der Waals surface area contributed by atoms with Gasteiger partial charge in [-0.15, -0.1) is 12.3 Å². The van der Waals surface area contributed by atoms with Crippen LogP contribution in [0.4, 0.5) is 0 Å². The average molecular weight is 277 g/mol. The van der Waals surface area contributed by atoms with Gasteiger partial charge in [-0.1, -0.05) is 0 Å². The van der Waals surface area contributed by atoms with Gasteiger partial charge in [0.05, 0.1) is 6.04 Å². The van der Waals surface area contributed by atoms with Crippen LogP contribution in [0.2, 0.25) is 0 Å². The molecule has 0 radical (unpaired) electrons. The summed E-state index contributed by atoms with van der Waals surface area (Å²) in [6, 6.07) is 1.60. The molecule has 1 atom stereocenters. The molecular formula is C14H19N3OS. The Bertz CT molecular complexity index is 444. The quantitative estimate of drug-likeness (QED) is 0.826. The molecule has 1 amide bonds. The van der Waals surface area contributed by atoms with Crippen LogP contribution in [0.3, 0.4) is 0 Å². The van der Waals surface area contributed by atoms with Gasteiger partial charge in [-0.05, 0) is 22.4 Å². The number of nitrogens with zero attached hydrogens (tertiary/aromatic N) is 2. The maximum atomic E-state index is 12.0. The molecule has 5 heteroatoms. The fraction of sp³-hybridized carbons (Fsp3) is 0.500. The minimum absolute atomic E-state index is 0.0202. The van der Waals surface area contributed by atoms with Crippen molar-refractivity contribution >= 4 is 17.2 Å². The molecule has 2 rings (SSSR count). The van der Waals surface area contributed by atoms with E-state index in [1.807, 2.05) is 4.90 Å². The van der Waals surface area contributed by atoms with Gasteiger partial charge in [-0.25, -0.2) is 0 Å². The molecule has 19 heavy (non-hydrogen) atoms. The predicted molar refractivity (Wildman–Crippen MR) is 77.6 cm³/mol. The van der Waals surface area contributed by atoms with E-state index in [0.29, 0.717) is 6.42 Å². The highest BCUT2D eigenvalue weighted by molar-refractivity contribution is 7.07. The van der Waals surface area contributed by atoms with Crippen molar-refractivity contribution in [2.24, 2.45) is 5.73 Å². The van der Waals surface area contributed by atoms with Crippen molar-refractivity contribution < 1.29 is 4.79 Å².